The monoisotopic (exact) mass is 369 g/mol. The van der Waals surface area contributed by atoms with Crippen molar-refractivity contribution >= 4 is 21.8 Å². The van der Waals surface area contributed by atoms with Crippen molar-refractivity contribution < 1.29 is 18.3 Å². The lowest BCUT2D eigenvalue weighted by molar-refractivity contribution is -0.120. The van der Waals surface area contributed by atoms with Gasteiger partial charge in [0, 0.05) is 16.6 Å². The number of ether oxygens (including phenoxy) is 1. The minimum atomic E-state index is -2.90. The van der Waals surface area contributed by atoms with E-state index in [-0.39, 0.29) is 24.6 Å². The molecule has 2 aromatic rings. The van der Waals surface area contributed by atoms with Crippen molar-refractivity contribution in [1.29, 1.82) is 0 Å². The predicted octanol–water partition coefficient (Wildman–Crippen LogP) is 3.91. The van der Waals surface area contributed by atoms with Crippen molar-refractivity contribution in [3.8, 4) is 5.75 Å². The quantitative estimate of drug-likeness (QED) is 0.838. The highest BCUT2D eigenvalue weighted by Crippen LogP contribution is 2.24. The van der Waals surface area contributed by atoms with Crippen LogP contribution in [0.1, 0.15) is 11.1 Å². The van der Waals surface area contributed by atoms with Gasteiger partial charge in [0.2, 0.25) is 5.91 Å². The molecule has 2 aromatic carbocycles. The zero-order valence-electron chi connectivity index (χ0n) is 11.6. The molecule has 0 atom stereocenters. The average molecular weight is 370 g/mol. The fraction of sp³-hybridized carbons (Fsp3) is 0.188. The van der Waals surface area contributed by atoms with E-state index in [0.29, 0.717) is 5.56 Å². The molecule has 0 saturated heterocycles. The molecule has 0 aliphatic carbocycles. The molecule has 0 saturated carbocycles. The maximum atomic E-state index is 12.4. The van der Waals surface area contributed by atoms with Crippen molar-refractivity contribution in [2.75, 3.05) is 0 Å². The first-order chi connectivity index (χ1) is 10.5. The molecule has 0 spiro atoms. The molecule has 0 radical (unpaired) electrons. The topological polar surface area (TPSA) is 38.3 Å². The summed E-state index contributed by atoms with van der Waals surface area (Å²) < 4.78 is 29.9. The van der Waals surface area contributed by atoms with Crippen LogP contribution in [-0.2, 0) is 17.8 Å². The highest BCUT2D eigenvalue weighted by atomic mass is 79.9. The van der Waals surface area contributed by atoms with Gasteiger partial charge in [-0.2, -0.15) is 8.78 Å². The molecule has 0 aliphatic rings. The first kappa shape index (κ1) is 16.4. The number of rotatable bonds is 6. The molecule has 1 N–H and O–H groups in total. The summed E-state index contributed by atoms with van der Waals surface area (Å²) in [4.78, 5) is 11.9. The van der Waals surface area contributed by atoms with Gasteiger partial charge < -0.3 is 10.1 Å². The van der Waals surface area contributed by atoms with Gasteiger partial charge in [-0.3, -0.25) is 4.79 Å². The molecule has 0 unspecified atom stereocenters. The molecule has 116 valence electrons. The Hall–Kier alpha value is -1.95. The van der Waals surface area contributed by atoms with Gasteiger partial charge in [0.05, 0.1) is 6.42 Å². The molecule has 1 amide bonds. The normalized spacial score (nSPS) is 10.5. The maximum absolute atomic E-state index is 12.4. The third kappa shape index (κ3) is 5.11. The van der Waals surface area contributed by atoms with Crippen molar-refractivity contribution in [2.45, 2.75) is 19.6 Å². The molecule has 2 rings (SSSR count). The molecular weight excluding hydrogens is 356 g/mol. The van der Waals surface area contributed by atoms with E-state index in [2.05, 4.69) is 26.0 Å². The molecule has 0 bridgehead atoms. The predicted molar refractivity (Wildman–Crippen MR) is 82.8 cm³/mol. The van der Waals surface area contributed by atoms with Gasteiger partial charge >= 0.3 is 6.61 Å². The van der Waals surface area contributed by atoms with Gasteiger partial charge in [-0.1, -0.05) is 46.3 Å². The lowest BCUT2D eigenvalue weighted by Gasteiger charge is -2.12. The van der Waals surface area contributed by atoms with E-state index < -0.39 is 6.61 Å². The largest absolute Gasteiger partial charge is 0.434 e. The Balaban J connectivity index is 1.98. The summed E-state index contributed by atoms with van der Waals surface area (Å²) in [6, 6.07) is 14.0. The summed E-state index contributed by atoms with van der Waals surface area (Å²) in [7, 11) is 0. The lowest BCUT2D eigenvalue weighted by Crippen LogP contribution is -2.25. The third-order valence-corrected chi connectivity index (χ3v) is 3.42. The maximum Gasteiger partial charge on any atom is 0.387 e. The van der Waals surface area contributed by atoms with E-state index in [1.807, 2.05) is 30.3 Å². The van der Waals surface area contributed by atoms with Gasteiger partial charge in [0.15, 0.2) is 0 Å². The van der Waals surface area contributed by atoms with Crippen LogP contribution in [0.4, 0.5) is 8.78 Å². The molecule has 6 heteroatoms. The van der Waals surface area contributed by atoms with Crippen LogP contribution in [0.3, 0.4) is 0 Å². The summed E-state index contributed by atoms with van der Waals surface area (Å²) in [6.45, 7) is -2.78. The summed E-state index contributed by atoms with van der Waals surface area (Å²) in [6.07, 6.45) is 0.236. The second-order valence-electron chi connectivity index (χ2n) is 4.57. The van der Waals surface area contributed by atoms with Gasteiger partial charge in [-0.05, 0) is 23.8 Å². The van der Waals surface area contributed by atoms with Crippen molar-refractivity contribution in [3.63, 3.8) is 0 Å². The highest BCUT2D eigenvalue weighted by Gasteiger charge is 2.11. The number of alkyl halides is 2. The highest BCUT2D eigenvalue weighted by molar-refractivity contribution is 9.10. The Kier molecular flexibility index (Phi) is 5.89. The Morgan fingerprint density at radius 2 is 1.91 bits per heavy atom. The first-order valence-electron chi connectivity index (χ1n) is 6.58. The number of amides is 1. The molecule has 0 aromatic heterocycles. The number of nitrogens with one attached hydrogen (secondary N) is 1. The van der Waals surface area contributed by atoms with Gasteiger partial charge in [-0.15, -0.1) is 0 Å². The van der Waals surface area contributed by atoms with Crippen LogP contribution in [0.15, 0.2) is 53.0 Å². The molecular formula is C16H14BrF2NO2. The standard InChI is InChI=1S/C16H14BrF2NO2/c17-13-6-7-14(22-16(18)19)12(9-13)10-20-15(21)8-11-4-2-1-3-5-11/h1-7,9,16H,8,10H2,(H,20,21). The fourth-order valence-corrected chi connectivity index (χ4v) is 2.34. The van der Waals surface area contributed by atoms with E-state index in [0.717, 1.165) is 10.0 Å². The Labute approximate surface area is 135 Å². The second kappa shape index (κ2) is 7.89. The average Bonchev–Trinajstić information content (AvgIpc) is 2.48. The summed E-state index contributed by atoms with van der Waals surface area (Å²) in [5.41, 5.74) is 1.37. The van der Waals surface area contributed by atoms with Crippen molar-refractivity contribution in [2.24, 2.45) is 0 Å². The molecule has 22 heavy (non-hydrogen) atoms. The molecule has 0 heterocycles. The van der Waals surface area contributed by atoms with Crippen LogP contribution in [0.2, 0.25) is 0 Å². The number of hydrogen-bond donors (Lipinski definition) is 1. The number of carbonyl (C=O) groups is 1. The number of hydrogen-bond acceptors (Lipinski definition) is 2. The summed E-state index contributed by atoms with van der Waals surface area (Å²) in [5, 5.41) is 2.70. The number of halogens is 3. The molecule has 0 aliphatic heterocycles. The Morgan fingerprint density at radius 1 is 1.18 bits per heavy atom. The number of benzene rings is 2. The van der Waals surface area contributed by atoms with E-state index >= 15 is 0 Å². The third-order valence-electron chi connectivity index (χ3n) is 2.92. The second-order valence-corrected chi connectivity index (χ2v) is 5.49. The van der Waals surface area contributed by atoms with Crippen LogP contribution in [0, 0.1) is 0 Å². The number of carbonyl (C=O) groups excluding carboxylic acids is 1. The van der Waals surface area contributed by atoms with Crippen molar-refractivity contribution in [1.82, 2.24) is 5.32 Å². The van der Waals surface area contributed by atoms with Gasteiger partial charge in [0.1, 0.15) is 5.75 Å². The lowest BCUT2D eigenvalue weighted by atomic mass is 10.1. The minimum absolute atomic E-state index is 0.0539. The van der Waals surface area contributed by atoms with Crippen LogP contribution < -0.4 is 10.1 Å². The SMILES string of the molecule is O=C(Cc1ccccc1)NCc1cc(Br)ccc1OC(F)F. The van der Waals surface area contributed by atoms with E-state index in [1.165, 1.54) is 6.07 Å². The van der Waals surface area contributed by atoms with E-state index in [1.54, 1.807) is 12.1 Å². The van der Waals surface area contributed by atoms with Gasteiger partial charge in [-0.25, -0.2) is 0 Å². The molecule has 0 fully saturated rings. The van der Waals surface area contributed by atoms with Crippen LogP contribution in [0.5, 0.6) is 5.75 Å². The first-order valence-corrected chi connectivity index (χ1v) is 7.38. The fourth-order valence-electron chi connectivity index (χ4n) is 1.93. The van der Waals surface area contributed by atoms with E-state index in [9.17, 15) is 13.6 Å². The minimum Gasteiger partial charge on any atom is -0.434 e. The van der Waals surface area contributed by atoms with Gasteiger partial charge in [0.25, 0.3) is 0 Å². The Bertz CT molecular complexity index is 635. The zero-order chi connectivity index (χ0) is 15.9. The summed E-state index contributed by atoms with van der Waals surface area (Å²) >= 11 is 3.27. The van der Waals surface area contributed by atoms with E-state index in [4.69, 9.17) is 0 Å². The van der Waals surface area contributed by atoms with Crippen LogP contribution >= 0.6 is 15.9 Å². The molecule has 3 nitrogen and oxygen atoms in total. The zero-order valence-corrected chi connectivity index (χ0v) is 13.1. The van der Waals surface area contributed by atoms with Crippen molar-refractivity contribution in [3.05, 3.63) is 64.1 Å². The van der Waals surface area contributed by atoms with Crippen LogP contribution in [0.25, 0.3) is 0 Å². The smallest absolute Gasteiger partial charge is 0.387 e. The van der Waals surface area contributed by atoms with Crippen LogP contribution in [-0.4, -0.2) is 12.5 Å². The summed E-state index contributed by atoms with van der Waals surface area (Å²) in [5.74, 6) is -0.132. The Morgan fingerprint density at radius 3 is 2.59 bits per heavy atom.